The molecule has 7 rings (SSSR count). The Labute approximate surface area is 345 Å². The molecule has 1 saturated heterocycles. The second kappa shape index (κ2) is 17.0. The van der Waals surface area contributed by atoms with Gasteiger partial charge in [-0.3, -0.25) is 9.78 Å². The number of carbonyl (C=O) groups is 1. The van der Waals surface area contributed by atoms with E-state index < -0.39 is 8.07 Å². The number of hydrogen-bond acceptors (Lipinski definition) is 4. The van der Waals surface area contributed by atoms with Crippen LogP contribution in [0.2, 0.25) is 25.2 Å². The summed E-state index contributed by atoms with van der Waals surface area (Å²) in [5.41, 5.74) is 7.25. The van der Waals surface area contributed by atoms with Gasteiger partial charge in [-0.2, -0.15) is 0 Å². The summed E-state index contributed by atoms with van der Waals surface area (Å²) in [5, 5.41) is 21.4. The van der Waals surface area contributed by atoms with Gasteiger partial charge in [0.1, 0.15) is 0 Å². The van der Waals surface area contributed by atoms with E-state index in [1.807, 2.05) is 40.8 Å². The number of pyridine rings is 1. The van der Waals surface area contributed by atoms with Crippen LogP contribution in [0.3, 0.4) is 0 Å². The number of carbonyl (C=O) groups excluding carboxylic acids is 1. The van der Waals surface area contributed by atoms with E-state index >= 15 is 0 Å². The Balaban J connectivity index is 0.000000292. The molecule has 0 aliphatic carbocycles. The van der Waals surface area contributed by atoms with Gasteiger partial charge in [-0.05, 0) is 101 Å². The third-order valence-electron chi connectivity index (χ3n) is 12.8. The van der Waals surface area contributed by atoms with E-state index in [1.54, 1.807) is 0 Å². The summed E-state index contributed by atoms with van der Waals surface area (Å²) in [7, 11) is -0.965. The molecule has 0 saturated carbocycles. The first-order valence-corrected chi connectivity index (χ1v) is 24.1. The van der Waals surface area contributed by atoms with E-state index in [4.69, 9.17) is 4.98 Å². The minimum atomic E-state index is -0.965. The summed E-state index contributed by atoms with van der Waals surface area (Å²) in [6, 6.07) is 27.2. The summed E-state index contributed by atoms with van der Waals surface area (Å²) in [6.45, 7) is 22.1. The minimum Gasteiger partial charge on any atom is -0.512 e. The van der Waals surface area contributed by atoms with Crippen LogP contribution in [0.4, 0.5) is 11.4 Å². The fourth-order valence-corrected chi connectivity index (χ4v) is 11.2. The van der Waals surface area contributed by atoms with Crippen molar-refractivity contribution in [2.24, 2.45) is 16.7 Å². The molecule has 4 aromatic carbocycles. The molecule has 3 heterocycles. The molecule has 1 fully saturated rings. The molecule has 2 aliphatic heterocycles. The molecule has 0 spiro atoms. The fourth-order valence-electron chi connectivity index (χ4n) is 8.64. The molecule has 295 valence electrons. The largest absolute Gasteiger partial charge is 0.512 e. The maximum Gasteiger partial charge on any atom is 0.164 e. The molecule has 1 aromatic heterocycles. The van der Waals surface area contributed by atoms with Gasteiger partial charge in [0.05, 0.1) is 5.76 Å². The van der Waals surface area contributed by atoms with Crippen LogP contribution in [0.25, 0.3) is 43.6 Å². The van der Waals surface area contributed by atoms with Crippen molar-refractivity contribution in [1.82, 2.24) is 4.98 Å². The van der Waals surface area contributed by atoms with Gasteiger partial charge >= 0.3 is 0 Å². The SMILES string of the molecule is CC(C)(C)Cc1c2c([c-]c3ccccc13)-c1nccc3c1c(cc1cc(C4CC[Si](C)(C)CC4)ccc13)N2.CCC(CC)/C(O)=C/C(=O)C(C)(CC)CC.[Ir]. The second-order valence-corrected chi connectivity index (χ2v) is 23.7. The Morgan fingerprint density at radius 2 is 1.62 bits per heavy atom. The van der Waals surface area contributed by atoms with Gasteiger partial charge < -0.3 is 10.4 Å². The number of aliphatic hydroxyl groups excluding tert-OH is 1. The molecule has 5 aromatic rings. The summed E-state index contributed by atoms with van der Waals surface area (Å²) in [5.74, 6) is 1.14. The quantitative estimate of drug-likeness (QED) is 0.0499. The third kappa shape index (κ3) is 8.98. The van der Waals surface area contributed by atoms with Gasteiger partial charge in [-0.1, -0.05) is 133 Å². The van der Waals surface area contributed by atoms with Crippen molar-refractivity contribution in [2.45, 2.75) is 131 Å². The normalized spacial score (nSPS) is 15.7. The monoisotopic (exact) mass is 932 g/mol. The first-order chi connectivity index (χ1) is 25.6. The number of benzene rings is 4. The number of allylic oxidation sites excluding steroid dienone is 2. The summed E-state index contributed by atoms with van der Waals surface area (Å²) in [6.07, 6.45) is 10.5. The fraction of sp³-hybridized carbons (Fsp3) is 0.469. The van der Waals surface area contributed by atoms with Gasteiger partial charge in [0, 0.05) is 63.2 Å². The summed E-state index contributed by atoms with van der Waals surface area (Å²) in [4.78, 5) is 17.0. The molecule has 55 heavy (non-hydrogen) atoms. The Morgan fingerprint density at radius 1 is 0.945 bits per heavy atom. The van der Waals surface area contributed by atoms with Crippen LogP contribution < -0.4 is 5.32 Å². The van der Waals surface area contributed by atoms with Crippen LogP contribution in [0.15, 0.2) is 72.6 Å². The number of rotatable bonds is 9. The van der Waals surface area contributed by atoms with E-state index in [-0.39, 0.29) is 48.4 Å². The average molecular weight is 932 g/mol. The molecular weight excluding hydrogens is 869 g/mol. The van der Waals surface area contributed by atoms with Crippen molar-refractivity contribution in [3.8, 4) is 11.3 Å². The molecule has 2 aliphatic rings. The molecule has 0 amide bonds. The molecule has 6 heteroatoms. The van der Waals surface area contributed by atoms with Crippen LogP contribution in [0, 0.1) is 22.8 Å². The molecular formula is C49H63IrN2O2Si-. The maximum atomic E-state index is 12.0. The first kappa shape index (κ1) is 42.8. The van der Waals surface area contributed by atoms with Crippen molar-refractivity contribution in [3.63, 3.8) is 0 Å². The Morgan fingerprint density at radius 3 is 2.25 bits per heavy atom. The van der Waals surface area contributed by atoms with Gasteiger partial charge in [0.2, 0.25) is 0 Å². The number of aliphatic hydroxyl groups is 1. The minimum absolute atomic E-state index is 0. The number of nitrogens with zero attached hydrogens (tertiary/aromatic N) is 1. The molecule has 2 N–H and O–H groups in total. The van der Waals surface area contributed by atoms with Gasteiger partial charge in [-0.25, -0.2) is 0 Å². The van der Waals surface area contributed by atoms with E-state index in [1.165, 1.54) is 85.8 Å². The molecule has 1 radical (unpaired) electrons. The predicted molar refractivity (Wildman–Crippen MR) is 235 cm³/mol. The van der Waals surface area contributed by atoms with Crippen LogP contribution >= 0.6 is 0 Å². The van der Waals surface area contributed by atoms with Crippen molar-refractivity contribution < 1.29 is 30.0 Å². The van der Waals surface area contributed by atoms with Crippen LogP contribution in [-0.2, 0) is 31.3 Å². The van der Waals surface area contributed by atoms with E-state index in [0.717, 1.165) is 43.4 Å². The molecule has 0 bridgehead atoms. The topological polar surface area (TPSA) is 62.2 Å². The van der Waals surface area contributed by atoms with Crippen molar-refractivity contribution in [3.05, 3.63) is 89.8 Å². The smallest absolute Gasteiger partial charge is 0.164 e. The van der Waals surface area contributed by atoms with Crippen molar-refractivity contribution in [2.75, 3.05) is 5.32 Å². The molecule has 0 unspecified atom stereocenters. The average Bonchev–Trinajstić information content (AvgIpc) is 3.15. The zero-order valence-electron chi connectivity index (χ0n) is 35.0. The number of fused-ring (bicyclic) bond motifs is 5. The molecule has 4 nitrogen and oxygen atoms in total. The van der Waals surface area contributed by atoms with Gasteiger partial charge in [0.25, 0.3) is 0 Å². The number of nitrogens with one attached hydrogen (secondary N) is 1. The third-order valence-corrected chi connectivity index (χ3v) is 16.1. The Hall–Kier alpha value is -3.31. The van der Waals surface area contributed by atoms with Crippen LogP contribution in [-0.4, -0.2) is 23.9 Å². The first-order valence-electron chi connectivity index (χ1n) is 20.7. The standard InChI is InChI=1S/C35H37N2Si.C14H26O2.Ir/c1-35(2,3)21-30-26-9-7-6-8-24(26)19-29-33(30)37-31-20-25-18-23(22-13-16-38(4,5)17-14-22)10-11-27(25)28-12-15-36-34(29)32(28)31;1-6-11(7-2)12(15)10-13(16)14(5,8-3)9-4;/h6-12,15,18,20,22,37H,13-14,16-17,21H2,1-5H3;10-11,15H,6-9H2,1-5H3;/q-1;;/b;12-10-;. The van der Waals surface area contributed by atoms with Gasteiger partial charge in [0.15, 0.2) is 5.78 Å². The zero-order valence-corrected chi connectivity index (χ0v) is 38.4. The second-order valence-electron chi connectivity index (χ2n) is 18.4. The van der Waals surface area contributed by atoms with Crippen LogP contribution in [0.1, 0.15) is 111 Å². The van der Waals surface area contributed by atoms with Gasteiger partial charge in [-0.15, -0.1) is 17.5 Å². The van der Waals surface area contributed by atoms with E-state index in [2.05, 4.69) is 99.8 Å². The number of aromatic nitrogens is 1. The maximum absolute atomic E-state index is 12.0. The number of anilines is 2. The molecule has 0 atom stereocenters. The van der Waals surface area contributed by atoms with E-state index in [9.17, 15) is 9.90 Å². The predicted octanol–water partition coefficient (Wildman–Crippen LogP) is 14.5. The van der Waals surface area contributed by atoms with Crippen LogP contribution in [0.5, 0.6) is 0 Å². The number of hydrogen-bond donors (Lipinski definition) is 2. The number of ketones is 1. The Bertz CT molecular complexity index is 2200. The zero-order chi connectivity index (χ0) is 39.0. The van der Waals surface area contributed by atoms with Crippen molar-refractivity contribution in [1.29, 1.82) is 0 Å². The summed E-state index contributed by atoms with van der Waals surface area (Å²) < 4.78 is 0. The van der Waals surface area contributed by atoms with E-state index in [0.29, 0.717) is 5.92 Å². The van der Waals surface area contributed by atoms with Crippen molar-refractivity contribution >= 4 is 57.5 Å². The Kier molecular flexibility index (Phi) is 13.3. The summed E-state index contributed by atoms with van der Waals surface area (Å²) >= 11 is 0.